The monoisotopic (exact) mass is 620 g/mol. The molecule has 244 valence electrons. The SMILES string of the molecule is O=C(O)/C=C/C(=O)O.OC[C@H]1OC(O[C@H]2[C@H](O)[C@@H](O)C(O[C@H]3[C@H](O)[C@@H](O)[C@@H](O)O[C@@H]3CO)O[C@@H]2CO)[C@H](O)[C@@H](O)[C@@H]1O. The van der Waals surface area contributed by atoms with Crippen LogP contribution in [0.5, 0.6) is 0 Å². The third-order valence-electron chi connectivity index (χ3n) is 6.46. The van der Waals surface area contributed by atoms with Gasteiger partial charge in [0.05, 0.1) is 19.8 Å². The maximum absolute atomic E-state index is 10.6. The molecule has 0 bridgehead atoms. The molecule has 2 unspecified atom stereocenters. The molecular weight excluding hydrogens is 584 g/mol. The summed E-state index contributed by atoms with van der Waals surface area (Å²) in [5.74, 6) is -2.51. The van der Waals surface area contributed by atoms with Gasteiger partial charge in [0.25, 0.3) is 0 Å². The second kappa shape index (κ2) is 16.2. The Hall–Kier alpha value is -1.96. The molecule has 42 heavy (non-hydrogen) atoms. The lowest BCUT2D eigenvalue weighted by atomic mass is 9.96. The second-order valence-electron chi connectivity index (χ2n) is 9.34. The minimum atomic E-state index is -1.91. The highest BCUT2D eigenvalue weighted by molar-refractivity contribution is 5.89. The Bertz CT molecular complexity index is 866. The molecule has 3 fully saturated rings. The summed E-state index contributed by atoms with van der Waals surface area (Å²) in [6, 6.07) is 0. The highest BCUT2D eigenvalue weighted by Crippen LogP contribution is 2.32. The number of carbonyl (C=O) groups is 2. The van der Waals surface area contributed by atoms with Gasteiger partial charge in [0.1, 0.15) is 73.2 Å². The van der Waals surface area contributed by atoms with Gasteiger partial charge in [-0.25, -0.2) is 9.59 Å². The number of hydrogen-bond donors (Lipinski definition) is 13. The Morgan fingerprint density at radius 1 is 0.524 bits per heavy atom. The van der Waals surface area contributed by atoms with E-state index in [1.165, 1.54) is 0 Å². The molecule has 0 aromatic rings. The average molecular weight is 621 g/mol. The minimum absolute atomic E-state index is 0.558. The first kappa shape index (κ1) is 36.2. The number of rotatable bonds is 9. The third kappa shape index (κ3) is 8.79. The fraction of sp³-hybridized carbons (Fsp3) is 0.818. The Balaban J connectivity index is 0.000000675. The fourth-order valence-electron chi connectivity index (χ4n) is 4.20. The van der Waals surface area contributed by atoms with Gasteiger partial charge < -0.3 is 90.1 Å². The predicted molar refractivity (Wildman–Crippen MR) is 126 cm³/mol. The summed E-state index contributed by atoms with van der Waals surface area (Å²) < 4.78 is 26.4. The van der Waals surface area contributed by atoms with Gasteiger partial charge in [-0.1, -0.05) is 0 Å². The topological polar surface area (TPSA) is 343 Å². The largest absolute Gasteiger partial charge is 0.478 e. The van der Waals surface area contributed by atoms with E-state index < -0.39 is 124 Å². The van der Waals surface area contributed by atoms with E-state index in [0.29, 0.717) is 12.2 Å². The lowest BCUT2D eigenvalue weighted by Gasteiger charge is -2.47. The van der Waals surface area contributed by atoms with Gasteiger partial charge in [-0.2, -0.15) is 0 Å². The van der Waals surface area contributed by atoms with Gasteiger partial charge in [-0.05, 0) is 0 Å². The maximum Gasteiger partial charge on any atom is 0.328 e. The zero-order chi connectivity index (χ0) is 31.9. The van der Waals surface area contributed by atoms with Crippen LogP contribution >= 0.6 is 0 Å². The van der Waals surface area contributed by atoms with Crippen LogP contribution in [0.1, 0.15) is 0 Å². The van der Waals surface area contributed by atoms with Crippen LogP contribution in [0.15, 0.2) is 12.2 Å². The molecular formula is C22H36O20. The first-order valence-corrected chi connectivity index (χ1v) is 12.4. The number of aliphatic carboxylic acids is 2. The van der Waals surface area contributed by atoms with Gasteiger partial charge in [0.2, 0.25) is 0 Å². The van der Waals surface area contributed by atoms with Crippen molar-refractivity contribution < 1.29 is 99.7 Å². The number of carboxylic acid groups (broad SMARTS) is 2. The van der Waals surface area contributed by atoms with Crippen LogP contribution in [0.25, 0.3) is 0 Å². The van der Waals surface area contributed by atoms with Crippen molar-refractivity contribution in [2.45, 2.75) is 92.1 Å². The van der Waals surface area contributed by atoms with Crippen molar-refractivity contribution >= 4 is 11.9 Å². The van der Waals surface area contributed by atoms with E-state index >= 15 is 0 Å². The highest BCUT2D eigenvalue weighted by atomic mass is 16.8. The molecule has 20 heteroatoms. The lowest BCUT2D eigenvalue weighted by Crippen LogP contribution is -2.66. The normalized spacial score (nSPS) is 44.3. The second-order valence-corrected chi connectivity index (χ2v) is 9.34. The Morgan fingerprint density at radius 2 is 0.905 bits per heavy atom. The van der Waals surface area contributed by atoms with E-state index in [-0.39, 0.29) is 0 Å². The summed E-state index contributed by atoms with van der Waals surface area (Å²) >= 11 is 0. The fourth-order valence-corrected chi connectivity index (χ4v) is 4.20. The first-order valence-electron chi connectivity index (χ1n) is 12.4. The number of carboxylic acids is 2. The molecule has 0 amide bonds. The molecule has 3 saturated heterocycles. The van der Waals surface area contributed by atoms with E-state index in [0.717, 1.165) is 0 Å². The summed E-state index contributed by atoms with van der Waals surface area (Å²) in [5, 5.41) is 125. The van der Waals surface area contributed by atoms with E-state index in [1.807, 2.05) is 0 Å². The van der Waals surface area contributed by atoms with E-state index in [9.17, 15) is 65.8 Å². The average Bonchev–Trinajstić information content (AvgIpc) is 2.95. The van der Waals surface area contributed by atoms with Crippen LogP contribution < -0.4 is 0 Å². The van der Waals surface area contributed by atoms with Gasteiger partial charge in [0, 0.05) is 12.2 Å². The van der Waals surface area contributed by atoms with Crippen molar-refractivity contribution in [2.24, 2.45) is 0 Å². The minimum Gasteiger partial charge on any atom is -0.478 e. The lowest BCUT2D eigenvalue weighted by molar-refractivity contribution is -0.377. The number of aliphatic hydroxyl groups excluding tert-OH is 11. The molecule has 0 aliphatic carbocycles. The molecule has 0 spiro atoms. The van der Waals surface area contributed by atoms with Crippen LogP contribution in [-0.2, 0) is 33.3 Å². The zero-order valence-electron chi connectivity index (χ0n) is 21.6. The molecule has 3 rings (SSSR count). The highest BCUT2D eigenvalue weighted by Gasteiger charge is 2.53. The van der Waals surface area contributed by atoms with Gasteiger partial charge in [-0.15, -0.1) is 0 Å². The summed E-state index contributed by atoms with van der Waals surface area (Å²) in [7, 11) is 0. The smallest absolute Gasteiger partial charge is 0.328 e. The van der Waals surface area contributed by atoms with Crippen LogP contribution in [0.3, 0.4) is 0 Å². The molecule has 3 aliphatic rings. The summed E-state index contributed by atoms with van der Waals surface area (Å²) in [4.78, 5) is 19.1. The Morgan fingerprint density at radius 3 is 1.33 bits per heavy atom. The van der Waals surface area contributed by atoms with Crippen LogP contribution in [-0.4, -0.2) is 190 Å². The van der Waals surface area contributed by atoms with Crippen molar-refractivity contribution in [3.05, 3.63) is 12.2 Å². The summed E-state index contributed by atoms with van der Waals surface area (Å²) in [5.41, 5.74) is 0. The predicted octanol–water partition coefficient (Wildman–Crippen LogP) is -7.86. The number of aliphatic hydroxyl groups is 11. The van der Waals surface area contributed by atoms with Crippen molar-refractivity contribution in [1.29, 1.82) is 0 Å². The quantitative estimate of drug-likeness (QED) is 0.106. The Labute approximate surface area is 236 Å². The van der Waals surface area contributed by atoms with Crippen molar-refractivity contribution in [3.63, 3.8) is 0 Å². The standard InChI is InChI=1S/C18H32O16.C4H4O4/c19-1-4-7(22)8(23)12(27)17(31-4)34-15-6(3-21)32-18(13(28)10(15)25)33-14-5(2-20)30-16(29)11(26)9(14)24;5-3(6)1-2-4(7)8/h4-29H,1-3H2;1-2H,(H,5,6)(H,7,8)/b;2-1+/t4-,5-,6-,7-,8+,9-,10-,11-,12-,13-,14-,15-,16+,17?,18?;/m1./s1. The van der Waals surface area contributed by atoms with Gasteiger partial charge >= 0.3 is 11.9 Å². The third-order valence-corrected chi connectivity index (χ3v) is 6.46. The first-order chi connectivity index (χ1) is 19.7. The molecule has 3 heterocycles. The summed E-state index contributed by atoms with van der Waals surface area (Å²) in [6.45, 7) is -2.32. The molecule has 20 nitrogen and oxygen atoms in total. The van der Waals surface area contributed by atoms with Crippen molar-refractivity contribution in [2.75, 3.05) is 19.8 Å². The van der Waals surface area contributed by atoms with Crippen LogP contribution in [0.4, 0.5) is 0 Å². The number of hydrogen-bond acceptors (Lipinski definition) is 18. The molecule has 0 aromatic heterocycles. The van der Waals surface area contributed by atoms with Crippen molar-refractivity contribution in [1.82, 2.24) is 0 Å². The van der Waals surface area contributed by atoms with E-state index in [4.69, 9.17) is 33.9 Å². The molecule has 3 aliphatic heterocycles. The van der Waals surface area contributed by atoms with Crippen LogP contribution in [0.2, 0.25) is 0 Å². The number of ether oxygens (including phenoxy) is 5. The molecule has 0 aromatic carbocycles. The Kier molecular flexibility index (Phi) is 14.0. The molecule has 0 radical (unpaired) electrons. The van der Waals surface area contributed by atoms with Gasteiger partial charge in [0.15, 0.2) is 18.9 Å². The molecule has 13 N–H and O–H groups in total. The van der Waals surface area contributed by atoms with Gasteiger partial charge in [-0.3, -0.25) is 0 Å². The van der Waals surface area contributed by atoms with Crippen molar-refractivity contribution in [3.8, 4) is 0 Å². The zero-order valence-corrected chi connectivity index (χ0v) is 21.6. The molecule has 0 saturated carbocycles. The maximum atomic E-state index is 10.6. The molecule has 15 atom stereocenters. The van der Waals surface area contributed by atoms with Crippen LogP contribution in [0, 0.1) is 0 Å². The van der Waals surface area contributed by atoms with E-state index in [2.05, 4.69) is 0 Å². The van der Waals surface area contributed by atoms with E-state index in [1.54, 1.807) is 0 Å². The summed E-state index contributed by atoms with van der Waals surface area (Å²) in [6.07, 6.45) is -24.0.